The number of carbonyl (C=O) groups excluding carboxylic acids is 1. The highest BCUT2D eigenvalue weighted by atomic mass is 16.7. The molecule has 3 rings (SSSR count). The Bertz CT molecular complexity index is 240. The van der Waals surface area contributed by atoms with Crippen molar-refractivity contribution in [3.05, 3.63) is 0 Å². The van der Waals surface area contributed by atoms with Crippen LogP contribution in [0.4, 0.5) is 0 Å². The lowest BCUT2D eigenvalue weighted by molar-refractivity contribution is -0.147. The second-order valence-corrected chi connectivity index (χ2v) is 4.01. The van der Waals surface area contributed by atoms with Gasteiger partial charge in [-0.3, -0.25) is 4.79 Å². The van der Waals surface area contributed by atoms with Gasteiger partial charge in [-0.2, -0.15) is 0 Å². The van der Waals surface area contributed by atoms with Gasteiger partial charge in [0, 0.05) is 11.8 Å². The van der Waals surface area contributed by atoms with Crippen molar-refractivity contribution >= 4 is 5.97 Å². The van der Waals surface area contributed by atoms with Crippen LogP contribution in [0.15, 0.2) is 0 Å². The van der Waals surface area contributed by atoms with Gasteiger partial charge >= 0.3 is 5.97 Å². The van der Waals surface area contributed by atoms with Gasteiger partial charge in [-0.15, -0.1) is 0 Å². The topological polar surface area (TPSA) is 44.8 Å². The van der Waals surface area contributed by atoms with E-state index in [9.17, 15) is 4.79 Å². The van der Waals surface area contributed by atoms with Gasteiger partial charge in [-0.05, 0) is 5.92 Å². The molecule has 4 nitrogen and oxygen atoms in total. The fourth-order valence-corrected chi connectivity index (χ4v) is 2.78. The number of cyclic esters (lactones) is 1. The maximum Gasteiger partial charge on any atom is 0.309 e. The summed E-state index contributed by atoms with van der Waals surface area (Å²) in [4.78, 5) is 11.3. The van der Waals surface area contributed by atoms with E-state index in [0.29, 0.717) is 37.8 Å². The molecule has 3 fully saturated rings. The molecule has 3 aliphatic rings. The van der Waals surface area contributed by atoms with Crippen LogP contribution < -0.4 is 0 Å². The summed E-state index contributed by atoms with van der Waals surface area (Å²) in [5.41, 5.74) is 0. The lowest BCUT2D eigenvalue weighted by Crippen LogP contribution is -2.50. The van der Waals surface area contributed by atoms with Gasteiger partial charge in [0.2, 0.25) is 0 Å². The first-order valence-electron chi connectivity index (χ1n) is 4.70. The number of hydrogen-bond donors (Lipinski definition) is 0. The molecular weight excluding hydrogens is 172 g/mol. The quantitative estimate of drug-likeness (QED) is 0.498. The van der Waals surface area contributed by atoms with Crippen LogP contribution in [0, 0.1) is 23.7 Å². The van der Waals surface area contributed by atoms with Crippen molar-refractivity contribution in [1.82, 2.24) is 0 Å². The predicted octanol–water partition coefficient (Wildman–Crippen LogP) is 0.0259. The predicted molar refractivity (Wildman–Crippen MR) is 41.7 cm³/mol. The molecule has 4 heteroatoms. The van der Waals surface area contributed by atoms with E-state index in [2.05, 4.69) is 0 Å². The van der Waals surface area contributed by atoms with Crippen molar-refractivity contribution in [2.75, 3.05) is 26.6 Å². The van der Waals surface area contributed by atoms with Gasteiger partial charge < -0.3 is 14.2 Å². The maximum atomic E-state index is 11.3. The zero-order valence-electron chi connectivity index (χ0n) is 7.27. The first-order chi connectivity index (χ1) is 6.38. The molecule has 4 atom stereocenters. The van der Waals surface area contributed by atoms with Gasteiger partial charge in [0.1, 0.15) is 6.79 Å². The van der Waals surface area contributed by atoms with Crippen molar-refractivity contribution in [2.45, 2.75) is 0 Å². The largest absolute Gasteiger partial charge is 0.465 e. The third kappa shape index (κ3) is 0.957. The average Bonchev–Trinajstić information content (AvgIpc) is 2.31. The summed E-state index contributed by atoms with van der Waals surface area (Å²) in [6.45, 7) is 2.35. The molecule has 0 bridgehead atoms. The molecular formula is C9H12O4. The molecule has 0 aromatic heterocycles. The van der Waals surface area contributed by atoms with E-state index in [-0.39, 0.29) is 11.9 Å². The normalized spacial score (nSPS) is 48.5. The zero-order chi connectivity index (χ0) is 8.84. The molecule has 2 aliphatic heterocycles. The molecule has 0 amide bonds. The van der Waals surface area contributed by atoms with Gasteiger partial charge in [-0.25, -0.2) is 0 Å². The van der Waals surface area contributed by atoms with Crippen LogP contribution >= 0.6 is 0 Å². The first-order valence-corrected chi connectivity index (χ1v) is 4.70. The van der Waals surface area contributed by atoms with Crippen LogP contribution in [0.1, 0.15) is 0 Å². The van der Waals surface area contributed by atoms with Gasteiger partial charge in [0.25, 0.3) is 0 Å². The van der Waals surface area contributed by atoms with E-state index in [0.717, 1.165) is 6.61 Å². The highest BCUT2D eigenvalue weighted by Crippen LogP contribution is 2.51. The molecule has 0 N–H and O–H groups in total. The minimum Gasteiger partial charge on any atom is -0.465 e. The Labute approximate surface area is 76.1 Å². The van der Waals surface area contributed by atoms with Crippen LogP contribution in [0.25, 0.3) is 0 Å². The van der Waals surface area contributed by atoms with Crippen molar-refractivity contribution < 1.29 is 19.0 Å². The summed E-state index contributed by atoms with van der Waals surface area (Å²) in [7, 11) is 0. The monoisotopic (exact) mass is 184 g/mol. The van der Waals surface area contributed by atoms with E-state index in [4.69, 9.17) is 14.2 Å². The van der Waals surface area contributed by atoms with Crippen LogP contribution in [0.3, 0.4) is 0 Å². The number of rotatable bonds is 0. The lowest BCUT2D eigenvalue weighted by Gasteiger charge is -2.43. The standard InChI is InChI=1S/C9H12O4/c10-9-8-6-2-12-4-11-1-5(6)7(8)3-13-9/h5-8H,1-4H2/t5-,6-,7-,8+/m0/s1. The Hall–Kier alpha value is -0.610. The number of fused-ring (bicyclic) bond motifs is 4. The summed E-state index contributed by atoms with van der Waals surface area (Å²) in [5.74, 6) is 1.31. The van der Waals surface area contributed by atoms with Gasteiger partial charge in [0.15, 0.2) is 0 Å². The van der Waals surface area contributed by atoms with E-state index in [1.54, 1.807) is 0 Å². The van der Waals surface area contributed by atoms with Crippen LogP contribution in [-0.4, -0.2) is 32.6 Å². The van der Waals surface area contributed by atoms with Gasteiger partial charge in [0.05, 0.1) is 25.7 Å². The van der Waals surface area contributed by atoms with Gasteiger partial charge in [-0.1, -0.05) is 0 Å². The summed E-state index contributed by atoms with van der Waals surface area (Å²) in [5, 5.41) is 0. The summed E-state index contributed by atoms with van der Waals surface area (Å²) in [6, 6.07) is 0. The second kappa shape index (κ2) is 2.69. The van der Waals surface area contributed by atoms with Crippen molar-refractivity contribution in [3.8, 4) is 0 Å². The maximum absolute atomic E-state index is 11.3. The summed E-state index contributed by atoms with van der Waals surface area (Å²) >= 11 is 0. The highest BCUT2D eigenvalue weighted by molar-refractivity contribution is 5.76. The molecule has 0 spiro atoms. The molecule has 0 radical (unpaired) electrons. The minimum absolute atomic E-state index is 0.0308. The third-order valence-electron chi connectivity index (χ3n) is 3.50. The molecule has 2 saturated heterocycles. The molecule has 1 saturated carbocycles. The van der Waals surface area contributed by atoms with E-state index in [1.807, 2.05) is 0 Å². The Morgan fingerprint density at radius 1 is 1.00 bits per heavy atom. The minimum atomic E-state index is -0.0308. The fourth-order valence-electron chi connectivity index (χ4n) is 2.78. The number of hydrogen-bond acceptors (Lipinski definition) is 4. The summed E-state index contributed by atoms with van der Waals surface area (Å²) in [6.07, 6.45) is 0. The average molecular weight is 184 g/mol. The lowest BCUT2D eigenvalue weighted by atomic mass is 9.58. The SMILES string of the molecule is O=C1OC[C@H]2[C@H]3COCOC[C@@H]3[C@@H]12. The molecule has 2 heterocycles. The second-order valence-electron chi connectivity index (χ2n) is 4.01. The Kier molecular flexibility index (Phi) is 1.60. The smallest absolute Gasteiger partial charge is 0.309 e. The molecule has 1 aliphatic carbocycles. The molecule has 0 aromatic carbocycles. The van der Waals surface area contributed by atoms with Crippen molar-refractivity contribution in [2.24, 2.45) is 23.7 Å². The van der Waals surface area contributed by atoms with Crippen molar-refractivity contribution in [1.29, 1.82) is 0 Å². The molecule has 72 valence electrons. The number of esters is 1. The van der Waals surface area contributed by atoms with Crippen LogP contribution in [-0.2, 0) is 19.0 Å². The molecule has 13 heavy (non-hydrogen) atoms. The van der Waals surface area contributed by atoms with Crippen LogP contribution in [0.5, 0.6) is 0 Å². The molecule has 0 aromatic rings. The third-order valence-corrected chi connectivity index (χ3v) is 3.50. The number of ether oxygens (including phenoxy) is 3. The zero-order valence-corrected chi connectivity index (χ0v) is 7.27. The summed E-state index contributed by atoms with van der Waals surface area (Å²) < 4.78 is 15.6. The highest BCUT2D eigenvalue weighted by Gasteiger charge is 2.58. The number of carbonyl (C=O) groups is 1. The molecule has 0 unspecified atom stereocenters. The van der Waals surface area contributed by atoms with Crippen LogP contribution in [0.2, 0.25) is 0 Å². The van der Waals surface area contributed by atoms with E-state index in [1.165, 1.54) is 0 Å². The van der Waals surface area contributed by atoms with E-state index >= 15 is 0 Å². The fraction of sp³-hybridized carbons (Fsp3) is 0.889. The van der Waals surface area contributed by atoms with E-state index < -0.39 is 0 Å². The van der Waals surface area contributed by atoms with Crippen molar-refractivity contribution in [3.63, 3.8) is 0 Å². The Balaban J connectivity index is 1.80. The Morgan fingerprint density at radius 2 is 1.69 bits per heavy atom. The first kappa shape index (κ1) is 7.76. The Morgan fingerprint density at radius 3 is 2.54 bits per heavy atom.